The molecule has 0 spiro atoms. The fraction of sp³-hybridized carbons (Fsp3) is 0.143. The third-order valence-electron chi connectivity index (χ3n) is 4.21. The van der Waals surface area contributed by atoms with Gasteiger partial charge < -0.3 is 14.0 Å². The maximum Gasteiger partial charge on any atom is 0.342 e. The van der Waals surface area contributed by atoms with E-state index >= 15 is 0 Å². The number of aryl methyl sites for hydroxylation is 1. The zero-order valence-electron chi connectivity index (χ0n) is 15.9. The molecular weight excluding hydrogens is 372 g/mol. The number of para-hydroxylation sites is 1. The largest absolute Gasteiger partial charge is 0.497 e. The Morgan fingerprint density at radius 3 is 2.52 bits per heavy atom. The number of hydrogen-bond acceptors (Lipinski definition) is 7. The van der Waals surface area contributed by atoms with Crippen molar-refractivity contribution in [3.05, 3.63) is 78.1 Å². The Morgan fingerprint density at radius 2 is 1.86 bits per heavy atom. The van der Waals surface area contributed by atoms with Crippen LogP contribution in [0.2, 0.25) is 0 Å². The highest BCUT2D eigenvalue weighted by molar-refractivity contribution is 5.96. The Balaban J connectivity index is 1.67. The van der Waals surface area contributed by atoms with Crippen LogP contribution >= 0.6 is 0 Å². The molecule has 0 amide bonds. The zero-order chi connectivity index (χ0) is 20.2. The van der Waals surface area contributed by atoms with Crippen molar-refractivity contribution in [3.8, 4) is 22.7 Å². The van der Waals surface area contributed by atoms with E-state index < -0.39 is 5.97 Å². The van der Waals surface area contributed by atoms with Gasteiger partial charge in [-0.3, -0.25) is 0 Å². The van der Waals surface area contributed by atoms with Crippen LogP contribution in [0.1, 0.15) is 22.1 Å². The van der Waals surface area contributed by atoms with E-state index in [1.165, 1.54) is 0 Å². The number of ether oxygens (including phenoxy) is 2. The highest BCUT2D eigenvalue weighted by Gasteiger charge is 2.21. The van der Waals surface area contributed by atoms with Crippen molar-refractivity contribution < 1.29 is 18.8 Å². The molecule has 4 aromatic rings. The van der Waals surface area contributed by atoms with E-state index in [1.807, 2.05) is 54.6 Å². The van der Waals surface area contributed by atoms with Crippen molar-refractivity contribution >= 4 is 5.97 Å². The molecule has 8 heteroatoms. The number of rotatable bonds is 6. The lowest BCUT2D eigenvalue weighted by atomic mass is 10.1. The lowest BCUT2D eigenvalue weighted by Crippen LogP contribution is -2.06. The molecule has 0 saturated heterocycles. The molecule has 8 nitrogen and oxygen atoms in total. The van der Waals surface area contributed by atoms with Gasteiger partial charge in [-0.15, -0.1) is 0 Å². The average molecular weight is 390 g/mol. The smallest absolute Gasteiger partial charge is 0.342 e. The minimum Gasteiger partial charge on any atom is -0.497 e. The molecule has 29 heavy (non-hydrogen) atoms. The lowest BCUT2D eigenvalue weighted by molar-refractivity contribution is 0.0430. The third-order valence-corrected chi connectivity index (χ3v) is 4.21. The topological polar surface area (TPSA) is 92.3 Å². The van der Waals surface area contributed by atoms with Gasteiger partial charge in [0.25, 0.3) is 5.89 Å². The number of benzene rings is 2. The first-order chi connectivity index (χ1) is 14.1. The number of methoxy groups -OCH3 is 1. The van der Waals surface area contributed by atoms with E-state index in [0.717, 1.165) is 11.3 Å². The van der Waals surface area contributed by atoms with Crippen LogP contribution in [0.3, 0.4) is 0 Å². The van der Waals surface area contributed by atoms with Crippen molar-refractivity contribution in [3.63, 3.8) is 0 Å². The first-order valence-electron chi connectivity index (χ1n) is 8.90. The van der Waals surface area contributed by atoms with Gasteiger partial charge in [0.05, 0.1) is 12.8 Å². The number of aromatic nitrogens is 4. The fourth-order valence-electron chi connectivity index (χ4n) is 2.80. The van der Waals surface area contributed by atoms with Crippen LogP contribution in [-0.4, -0.2) is 33.0 Å². The molecule has 0 N–H and O–H groups in total. The summed E-state index contributed by atoms with van der Waals surface area (Å²) < 4.78 is 17.2. The second kappa shape index (κ2) is 7.97. The monoisotopic (exact) mass is 390 g/mol. The number of hydrogen-bond donors (Lipinski definition) is 0. The normalized spacial score (nSPS) is 10.7. The lowest BCUT2D eigenvalue weighted by Gasteiger charge is -2.04. The van der Waals surface area contributed by atoms with E-state index in [-0.39, 0.29) is 12.5 Å². The van der Waals surface area contributed by atoms with Crippen LogP contribution in [0.5, 0.6) is 5.75 Å². The van der Waals surface area contributed by atoms with Crippen LogP contribution in [-0.2, 0) is 11.3 Å². The van der Waals surface area contributed by atoms with Crippen molar-refractivity contribution in [2.24, 2.45) is 0 Å². The molecular formula is C21H18N4O4. The predicted molar refractivity (Wildman–Crippen MR) is 104 cm³/mol. The van der Waals surface area contributed by atoms with Crippen LogP contribution in [0.25, 0.3) is 16.9 Å². The molecule has 0 aliphatic carbocycles. The molecule has 0 aliphatic rings. The molecule has 0 fully saturated rings. The second-order valence-electron chi connectivity index (χ2n) is 6.21. The van der Waals surface area contributed by atoms with Crippen LogP contribution < -0.4 is 4.74 Å². The van der Waals surface area contributed by atoms with Crippen molar-refractivity contribution in [2.75, 3.05) is 7.11 Å². The zero-order valence-corrected chi connectivity index (χ0v) is 15.9. The minimum absolute atomic E-state index is 0.113. The van der Waals surface area contributed by atoms with Gasteiger partial charge >= 0.3 is 5.97 Å². The molecule has 146 valence electrons. The number of nitrogens with zero attached hydrogens (tertiary/aromatic N) is 4. The van der Waals surface area contributed by atoms with Crippen LogP contribution in [0.15, 0.2) is 65.3 Å². The number of esters is 1. The van der Waals surface area contributed by atoms with Crippen molar-refractivity contribution in [1.82, 2.24) is 19.9 Å². The van der Waals surface area contributed by atoms with E-state index in [1.54, 1.807) is 24.9 Å². The van der Waals surface area contributed by atoms with E-state index in [2.05, 4.69) is 15.2 Å². The summed E-state index contributed by atoms with van der Waals surface area (Å²) in [4.78, 5) is 16.8. The molecule has 0 unspecified atom stereocenters. The Labute approximate surface area is 166 Å². The molecule has 0 bridgehead atoms. The number of carbonyl (C=O) groups excluding carboxylic acids is 1. The van der Waals surface area contributed by atoms with E-state index in [4.69, 9.17) is 14.0 Å². The summed E-state index contributed by atoms with van der Waals surface area (Å²) >= 11 is 0. The predicted octanol–water partition coefficient (Wildman–Crippen LogP) is 3.60. The summed E-state index contributed by atoms with van der Waals surface area (Å²) in [5.41, 5.74) is 2.42. The maximum absolute atomic E-state index is 12.8. The first-order valence-corrected chi connectivity index (χ1v) is 8.90. The molecule has 2 aromatic carbocycles. The number of carbonyl (C=O) groups is 1. The first kappa shape index (κ1) is 18.4. The Bertz CT molecular complexity index is 1120. The van der Waals surface area contributed by atoms with Gasteiger partial charge in [0.1, 0.15) is 17.0 Å². The van der Waals surface area contributed by atoms with Crippen molar-refractivity contribution in [1.29, 1.82) is 0 Å². The third kappa shape index (κ3) is 4.01. The molecule has 4 rings (SSSR count). The summed E-state index contributed by atoms with van der Waals surface area (Å²) in [5, 5.41) is 8.30. The van der Waals surface area contributed by atoms with Gasteiger partial charge in [0.2, 0.25) is 0 Å². The van der Waals surface area contributed by atoms with Crippen LogP contribution in [0.4, 0.5) is 0 Å². The van der Waals surface area contributed by atoms with Gasteiger partial charge in [0, 0.05) is 11.8 Å². The van der Waals surface area contributed by atoms with E-state index in [9.17, 15) is 4.79 Å². The average Bonchev–Trinajstić information content (AvgIpc) is 3.39. The summed E-state index contributed by atoms with van der Waals surface area (Å²) in [6, 6.07) is 16.8. The van der Waals surface area contributed by atoms with Crippen molar-refractivity contribution in [2.45, 2.75) is 13.5 Å². The summed E-state index contributed by atoms with van der Waals surface area (Å²) in [5.74, 6) is 0.894. The Kier molecular flexibility index (Phi) is 5.07. The summed E-state index contributed by atoms with van der Waals surface area (Å²) in [6.07, 6.45) is 1.65. The SMILES string of the molecule is COc1ccc(-c2nn(-c3ccccc3)cc2C(=O)OCc2nc(C)no2)cc1. The Hall–Kier alpha value is -3.94. The molecule has 2 heterocycles. The highest BCUT2D eigenvalue weighted by atomic mass is 16.6. The second-order valence-corrected chi connectivity index (χ2v) is 6.21. The molecule has 2 aromatic heterocycles. The van der Waals surface area contributed by atoms with Gasteiger partial charge in [-0.1, -0.05) is 23.4 Å². The summed E-state index contributed by atoms with van der Waals surface area (Å²) in [6.45, 7) is 1.58. The molecule has 0 aliphatic heterocycles. The van der Waals surface area contributed by atoms with E-state index in [0.29, 0.717) is 22.8 Å². The fourth-order valence-corrected chi connectivity index (χ4v) is 2.80. The van der Waals surface area contributed by atoms with Gasteiger partial charge in [-0.05, 0) is 43.3 Å². The van der Waals surface area contributed by atoms with Gasteiger partial charge in [0.15, 0.2) is 12.4 Å². The van der Waals surface area contributed by atoms with Crippen LogP contribution in [0, 0.1) is 6.92 Å². The minimum atomic E-state index is -0.533. The maximum atomic E-state index is 12.8. The summed E-state index contributed by atoms with van der Waals surface area (Å²) in [7, 11) is 1.60. The Morgan fingerprint density at radius 1 is 1.10 bits per heavy atom. The van der Waals surface area contributed by atoms with Gasteiger partial charge in [-0.25, -0.2) is 9.48 Å². The quantitative estimate of drug-likeness (QED) is 0.465. The van der Waals surface area contributed by atoms with Gasteiger partial charge in [-0.2, -0.15) is 10.1 Å². The standard InChI is InChI=1S/C21H18N4O4/c1-14-22-19(29-24-14)13-28-21(26)18-12-25(16-6-4-3-5-7-16)23-20(18)15-8-10-17(27-2)11-9-15/h3-12H,13H2,1-2H3. The molecule has 0 atom stereocenters. The molecule has 0 saturated carbocycles. The molecule has 0 radical (unpaired) electrons. The highest BCUT2D eigenvalue weighted by Crippen LogP contribution is 2.26.